The third-order valence-electron chi connectivity index (χ3n) is 6.19. The van der Waals surface area contributed by atoms with Gasteiger partial charge in [-0.15, -0.1) is 0 Å². The Labute approximate surface area is 168 Å². The minimum atomic E-state index is -3.75. The van der Waals surface area contributed by atoms with Gasteiger partial charge in [-0.25, -0.2) is 13.1 Å². The minimum Gasteiger partial charge on any atom is -0.495 e. The Bertz CT molecular complexity index is 808. The molecule has 0 unspecified atom stereocenters. The van der Waals surface area contributed by atoms with E-state index < -0.39 is 10.0 Å². The molecule has 2 saturated carbocycles. The maximum absolute atomic E-state index is 12.9. The lowest BCUT2D eigenvalue weighted by Crippen LogP contribution is -2.48. The molecule has 1 aromatic rings. The Kier molecular flexibility index (Phi) is 6.34. The van der Waals surface area contributed by atoms with Gasteiger partial charge in [0.25, 0.3) is 5.91 Å². The Morgan fingerprint density at radius 2 is 1.79 bits per heavy atom. The minimum absolute atomic E-state index is 0.0250. The molecule has 0 atom stereocenters. The smallest absolute Gasteiger partial charge is 0.251 e. The number of sulfonamides is 1. The number of rotatable bonds is 6. The molecule has 7 heteroatoms. The van der Waals surface area contributed by atoms with Crippen LogP contribution >= 0.6 is 0 Å². The van der Waals surface area contributed by atoms with Crippen molar-refractivity contribution in [3.8, 4) is 5.75 Å². The number of hydrogen-bond acceptors (Lipinski definition) is 4. The standard InChI is InChI=1S/C21H32N2O4S/c1-15-10-12-21(2,13-11-15)22-20(24)16-8-9-18(27-3)19(14-16)28(25,26)23-17-6-4-5-7-17/h8-9,14-15,17,23H,4-7,10-13H2,1-3H3,(H,22,24). The summed E-state index contributed by atoms with van der Waals surface area (Å²) in [6.45, 7) is 4.30. The number of amides is 1. The number of benzene rings is 1. The molecule has 1 amide bonds. The van der Waals surface area contributed by atoms with Crippen molar-refractivity contribution in [2.24, 2.45) is 5.92 Å². The van der Waals surface area contributed by atoms with Crippen LogP contribution in [0.3, 0.4) is 0 Å². The Morgan fingerprint density at radius 1 is 1.14 bits per heavy atom. The van der Waals surface area contributed by atoms with Crippen LogP contribution in [0.1, 0.15) is 75.6 Å². The summed E-state index contributed by atoms with van der Waals surface area (Å²) in [4.78, 5) is 12.9. The topological polar surface area (TPSA) is 84.5 Å². The first-order valence-corrected chi connectivity index (χ1v) is 11.7. The van der Waals surface area contributed by atoms with E-state index in [-0.39, 0.29) is 28.1 Å². The predicted molar refractivity (Wildman–Crippen MR) is 109 cm³/mol. The van der Waals surface area contributed by atoms with Gasteiger partial charge in [0.05, 0.1) is 7.11 Å². The summed E-state index contributed by atoms with van der Waals surface area (Å²) in [5, 5.41) is 3.13. The number of nitrogens with one attached hydrogen (secondary N) is 2. The van der Waals surface area contributed by atoms with Crippen molar-refractivity contribution in [1.29, 1.82) is 0 Å². The third kappa shape index (κ3) is 4.87. The first-order chi connectivity index (χ1) is 13.2. The number of hydrogen-bond donors (Lipinski definition) is 2. The molecule has 6 nitrogen and oxygen atoms in total. The largest absolute Gasteiger partial charge is 0.495 e. The van der Waals surface area contributed by atoms with E-state index >= 15 is 0 Å². The zero-order chi connectivity index (χ0) is 20.4. The molecule has 156 valence electrons. The molecular weight excluding hydrogens is 376 g/mol. The quantitative estimate of drug-likeness (QED) is 0.753. The molecule has 2 aliphatic carbocycles. The van der Waals surface area contributed by atoms with Gasteiger partial charge in [0.15, 0.2) is 0 Å². The van der Waals surface area contributed by atoms with E-state index in [0.717, 1.165) is 51.4 Å². The lowest BCUT2D eigenvalue weighted by Gasteiger charge is -2.37. The van der Waals surface area contributed by atoms with Gasteiger partial charge >= 0.3 is 0 Å². The monoisotopic (exact) mass is 408 g/mol. The maximum Gasteiger partial charge on any atom is 0.251 e. The molecule has 0 spiro atoms. The van der Waals surface area contributed by atoms with Gasteiger partial charge in [-0.3, -0.25) is 4.79 Å². The van der Waals surface area contributed by atoms with E-state index in [0.29, 0.717) is 11.5 Å². The molecule has 2 aliphatic rings. The van der Waals surface area contributed by atoms with Crippen LogP contribution in [0, 0.1) is 5.92 Å². The molecule has 2 N–H and O–H groups in total. The van der Waals surface area contributed by atoms with Crippen LogP contribution in [-0.2, 0) is 10.0 Å². The number of carbonyl (C=O) groups is 1. The molecule has 1 aromatic carbocycles. The highest BCUT2D eigenvalue weighted by molar-refractivity contribution is 7.89. The Balaban J connectivity index is 1.80. The molecule has 0 heterocycles. The molecular formula is C21H32N2O4S. The third-order valence-corrected chi connectivity index (χ3v) is 7.73. The summed E-state index contributed by atoms with van der Waals surface area (Å²) in [5.74, 6) is 0.696. The van der Waals surface area contributed by atoms with Crippen molar-refractivity contribution in [3.05, 3.63) is 23.8 Å². The summed E-state index contributed by atoms with van der Waals surface area (Å²) in [6, 6.07) is 4.57. The van der Waals surface area contributed by atoms with Crippen LogP contribution < -0.4 is 14.8 Å². The average Bonchev–Trinajstić information content (AvgIpc) is 3.16. The van der Waals surface area contributed by atoms with Gasteiger partial charge in [0.1, 0.15) is 10.6 Å². The van der Waals surface area contributed by atoms with Crippen molar-refractivity contribution in [2.45, 2.75) is 81.7 Å². The molecule has 0 aromatic heterocycles. The van der Waals surface area contributed by atoms with Crippen molar-refractivity contribution < 1.29 is 17.9 Å². The van der Waals surface area contributed by atoms with Crippen LogP contribution in [0.15, 0.2) is 23.1 Å². The highest BCUT2D eigenvalue weighted by atomic mass is 32.2. The molecule has 2 fully saturated rings. The lowest BCUT2D eigenvalue weighted by molar-refractivity contribution is 0.0869. The van der Waals surface area contributed by atoms with Gasteiger partial charge in [0, 0.05) is 17.1 Å². The first kappa shape index (κ1) is 21.1. The zero-order valence-electron chi connectivity index (χ0n) is 17.1. The van der Waals surface area contributed by atoms with Gasteiger partial charge in [-0.05, 0) is 69.6 Å². The van der Waals surface area contributed by atoms with Crippen molar-refractivity contribution >= 4 is 15.9 Å². The second kappa shape index (κ2) is 8.41. The fourth-order valence-corrected chi connectivity index (χ4v) is 5.72. The molecule has 0 saturated heterocycles. The van der Waals surface area contributed by atoms with Crippen LogP contribution in [0.2, 0.25) is 0 Å². The summed E-state index contributed by atoms with van der Waals surface area (Å²) in [7, 11) is -2.31. The second-order valence-electron chi connectivity index (χ2n) is 8.67. The fraction of sp³-hybridized carbons (Fsp3) is 0.667. The van der Waals surface area contributed by atoms with Gasteiger partial charge in [0.2, 0.25) is 10.0 Å². The predicted octanol–water partition coefficient (Wildman–Crippen LogP) is 3.61. The van der Waals surface area contributed by atoms with Crippen LogP contribution in [0.4, 0.5) is 0 Å². The van der Waals surface area contributed by atoms with Crippen molar-refractivity contribution in [2.75, 3.05) is 7.11 Å². The summed E-state index contributed by atoms with van der Waals surface area (Å²) in [5.41, 5.74) is 0.0948. The summed E-state index contributed by atoms with van der Waals surface area (Å²) in [6.07, 6.45) is 7.80. The number of carbonyl (C=O) groups excluding carboxylic acids is 1. The average molecular weight is 409 g/mol. The maximum atomic E-state index is 12.9. The molecule has 0 radical (unpaired) electrons. The van der Waals surface area contributed by atoms with Crippen LogP contribution in [-0.4, -0.2) is 33.0 Å². The van der Waals surface area contributed by atoms with Gasteiger partial charge < -0.3 is 10.1 Å². The van der Waals surface area contributed by atoms with Crippen molar-refractivity contribution in [1.82, 2.24) is 10.0 Å². The summed E-state index contributed by atoms with van der Waals surface area (Å²) >= 11 is 0. The highest BCUT2D eigenvalue weighted by Crippen LogP contribution is 2.32. The molecule has 28 heavy (non-hydrogen) atoms. The van der Waals surface area contributed by atoms with Gasteiger partial charge in [-0.1, -0.05) is 19.8 Å². The molecule has 0 aliphatic heterocycles. The highest BCUT2D eigenvalue weighted by Gasteiger charge is 2.32. The number of ether oxygens (including phenoxy) is 1. The van der Waals surface area contributed by atoms with E-state index in [4.69, 9.17) is 4.74 Å². The number of methoxy groups -OCH3 is 1. The molecule has 0 bridgehead atoms. The van der Waals surface area contributed by atoms with E-state index in [2.05, 4.69) is 23.9 Å². The summed E-state index contributed by atoms with van der Waals surface area (Å²) < 4.78 is 33.8. The van der Waals surface area contributed by atoms with Gasteiger partial charge in [-0.2, -0.15) is 0 Å². The lowest BCUT2D eigenvalue weighted by atomic mass is 9.78. The SMILES string of the molecule is COc1ccc(C(=O)NC2(C)CCC(C)CC2)cc1S(=O)(=O)NC1CCCC1. The van der Waals surface area contributed by atoms with E-state index in [1.165, 1.54) is 13.2 Å². The Hall–Kier alpha value is -1.60. The zero-order valence-corrected chi connectivity index (χ0v) is 17.9. The van der Waals surface area contributed by atoms with Crippen LogP contribution in [0.25, 0.3) is 0 Å². The Morgan fingerprint density at radius 3 is 2.39 bits per heavy atom. The van der Waals surface area contributed by atoms with E-state index in [9.17, 15) is 13.2 Å². The van der Waals surface area contributed by atoms with E-state index in [1.54, 1.807) is 12.1 Å². The fourth-order valence-electron chi connectivity index (χ4n) is 4.23. The van der Waals surface area contributed by atoms with Crippen molar-refractivity contribution in [3.63, 3.8) is 0 Å². The normalized spacial score (nSPS) is 26.2. The first-order valence-electron chi connectivity index (χ1n) is 10.3. The van der Waals surface area contributed by atoms with Crippen LogP contribution in [0.5, 0.6) is 5.75 Å². The molecule has 3 rings (SSSR count). The second-order valence-corrected chi connectivity index (χ2v) is 10.3. The van der Waals surface area contributed by atoms with E-state index in [1.807, 2.05) is 0 Å².